The third kappa shape index (κ3) is 76.1. The van der Waals surface area contributed by atoms with E-state index in [4.69, 9.17) is 4.65 Å². The summed E-state index contributed by atoms with van der Waals surface area (Å²) < 4.78 is 8.56. The molecule has 2 saturated carbocycles. The molecule has 0 aromatic rings. The van der Waals surface area contributed by atoms with Crippen molar-refractivity contribution >= 4 is 90.6 Å². The Labute approximate surface area is 362 Å². The second-order valence-corrected chi connectivity index (χ2v) is 33.9. The van der Waals surface area contributed by atoms with Crippen LogP contribution in [0.5, 0.6) is 0 Å². The molecule has 16 heteroatoms. The Bertz CT molecular complexity index is 556. The molecule has 2 aliphatic carbocycles. The van der Waals surface area contributed by atoms with Crippen molar-refractivity contribution in [3.8, 4) is 0 Å². The molecule has 0 heterocycles. The Balaban J connectivity index is -0.0000000336. The molecule has 1 unspecified atom stereocenters. The Morgan fingerprint density at radius 3 is 1.02 bits per heavy atom. The van der Waals surface area contributed by atoms with E-state index in [1.54, 1.807) is 0 Å². The first-order valence-corrected chi connectivity index (χ1v) is 28.2. The van der Waals surface area contributed by atoms with Gasteiger partial charge in [0.15, 0.2) is 0 Å². The number of hydrogen-bond donors (Lipinski definition) is 1. The molecular formula is C28H66Cl4Li2Mg2N2O2Si4. The fourth-order valence-corrected chi connectivity index (χ4v) is 21.3. The van der Waals surface area contributed by atoms with Gasteiger partial charge < -0.3 is 65.3 Å². The van der Waals surface area contributed by atoms with Crippen LogP contribution in [0.25, 0.3) is 4.65 Å². The fraction of sp³-hybridized carbons (Fsp3) is 0.893. The van der Waals surface area contributed by atoms with Crippen molar-refractivity contribution in [2.24, 2.45) is 5.92 Å². The molecule has 0 saturated heterocycles. The first kappa shape index (κ1) is 77.5. The van der Waals surface area contributed by atoms with Gasteiger partial charge in [-0.2, -0.15) is 13.8 Å². The molecule has 2 fully saturated rings. The molecule has 0 bridgehead atoms. The van der Waals surface area contributed by atoms with E-state index in [0.717, 1.165) is 44.9 Å². The minimum absolute atomic E-state index is 0. The van der Waals surface area contributed by atoms with Gasteiger partial charge in [0, 0.05) is 25.2 Å². The van der Waals surface area contributed by atoms with Crippen molar-refractivity contribution in [2.75, 3.05) is 0 Å². The summed E-state index contributed by atoms with van der Waals surface area (Å²) in [6.07, 6.45) is 11.6. The maximum absolute atomic E-state index is 10.8. The summed E-state index contributed by atoms with van der Waals surface area (Å²) in [5.74, 6) is 1.30. The first-order chi connectivity index (χ1) is 16.0. The van der Waals surface area contributed by atoms with E-state index in [1.165, 1.54) is 12.8 Å². The Hall–Kier alpha value is 4.01. The van der Waals surface area contributed by atoms with E-state index in [9.17, 15) is 9.59 Å². The van der Waals surface area contributed by atoms with Crippen molar-refractivity contribution in [3.05, 3.63) is 11.1 Å². The third-order valence-electron chi connectivity index (χ3n) is 4.69. The normalized spacial score (nSPS) is 15.3. The number of Topliss-reactive ketones (excluding diaryl/α,β-unsaturated/α-hetero) is 2. The first-order valence-electron chi connectivity index (χ1n) is 14.3. The Morgan fingerprint density at radius 2 is 0.909 bits per heavy atom. The molecule has 4 nitrogen and oxygen atoms in total. The van der Waals surface area contributed by atoms with Crippen LogP contribution in [0.15, 0.2) is 0 Å². The molecule has 44 heavy (non-hydrogen) atoms. The number of hydrogen-bond acceptors (Lipinski definition) is 3. The SMILES string of the molecule is CC1CCCCC1=O.C[CH-]C.C[Si](C)(C)N[Si](C)(C)C.C[Si](C)(C)[N-][Si](C)(C)C.O=C1CCCCC1.[Cl-].[Cl-].[Cl-].[Cl-].[Li+].[Li+].[Mg+2].[Mg+2]. The molecule has 0 amide bonds. The van der Waals surface area contributed by atoms with Gasteiger partial charge in [-0.05, 0) is 25.7 Å². The Morgan fingerprint density at radius 1 is 0.614 bits per heavy atom. The maximum atomic E-state index is 10.8. The average molecular weight is 779 g/mol. The van der Waals surface area contributed by atoms with E-state index >= 15 is 0 Å². The van der Waals surface area contributed by atoms with Gasteiger partial charge in [0.05, 0.1) is 0 Å². The molecular weight excluding hydrogens is 713 g/mol. The van der Waals surface area contributed by atoms with Crippen molar-refractivity contribution in [1.29, 1.82) is 0 Å². The molecule has 0 aliphatic heterocycles. The van der Waals surface area contributed by atoms with E-state index in [1.807, 2.05) is 27.2 Å². The summed E-state index contributed by atoms with van der Waals surface area (Å²) in [6.45, 7) is 33.9. The minimum atomic E-state index is -1.11. The summed E-state index contributed by atoms with van der Waals surface area (Å²) in [5, 5.41) is 0. The number of halogens is 4. The number of ketones is 2. The zero-order valence-corrected chi connectivity index (χ0v) is 42.1. The van der Waals surface area contributed by atoms with E-state index in [-0.39, 0.29) is 133 Å². The van der Waals surface area contributed by atoms with Crippen molar-refractivity contribution < 1.29 is 96.9 Å². The number of nitrogens with zero attached hydrogens (tertiary/aromatic N) is 1. The topological polar surface area (TPSA) is 60.3 Å². The second-order valence-electron chi connectivity index (χ2n) is 14.4. The smallest absolute Gasteiger partial charge is 1.00 e. The van der Waals surface area contributed by atoms with Crippen LogP contribution in [0, 0.1) is 12.3 Å². The predicted molar refractivity (Wildman–Crippen MR) is 188 cm³/mol. The minimum Gasteiger partial charge on any atom is -1.00 e. The van der Waals surface area contributed by atoms with Crippen LogP contribution >= 0.6 is 0 Å². The summed E-state index contributed by atoms with van der Waals surface area (Å²) in [4.78, 5) is 21.3. The van der Waals surface area contributed by atoms with Gasteiger partial charge in [-0.3, -0.25) is 9.59 Å². The zero-order chi connectivity index (χ0) is 29.2. The van der Waals surface area contributed by atoms with Crippen LogP contribution in [-0.4, -0.2) is 90.6 Å². The second kappa shape index (κ2) is 41.4. The number of nitrogens with one attached hydrogen (secondary N) is 1. The largest absolute Gasteiger partial charge is 2.00 e. The Kier molecular flexibility index (Phi) is 72.9. The monoisotopic (exact) mass is 776 g/mol. The molecule has 250 valence electrons. The quantitative estimate of drug-likeness (QED) is 0.228. The summed E-state index contributed by atoms with van der Waals surface area (Å²) in [5.41, 5.74) is 0. The van der Waals surface area contributed by atoms with Crippen LogP contribution in [0.4, 0.5) is 0 Å². The van der Waals surface area contributed by atoms with Crippen LogP contribution in [0.3, 0.4) is 0 Å². The molecule has 1 atom stereocenters. The fourth-order valence-electron chi connectivity index (χ4n) is 4.23. The number of carbonyl (C=O) groups excluding carboxylic acids is 2. The maximum Gasteiger partial charge on any atom is 2.00 e. The molecule has 0 aromatic heterocycles. The molecule has 2 aliphatic rings. The number of carbonyl (C=O) groups is 2. The predicted octanol–water partition coefficient (Wildman–Crippen LogP) is -8.95. The summed E-state index contributed by atoms with van der Waals surface area (Å²) in [7, 11) is -4.17. The van der Waals surface area contributed by atoms with Crippen LogP contribution in [0.1, 0.15) is 78.6 Å². The molecule has 0 aromatic carbocycles. The third-order valence-corrected chi connectivity index (χ3v) is 16.1. The van der Waals surface area contributed by atoms with Gasteiger partial charge >= 0.3 is 83.8 Å². The molecule has 0 radical (unpaired) electrons. The standard InChI is InChI=1S/C7H12O.C6H19NSi2.C6H18NSi2.C6H10O.C3H7.4ClH.2Li.2Mg/c1-6-4-2-3-5-7(6)8;2*1-8(2,3)7-9(4,5)6;7-6-4-2-1-3-5-6;1-3-2;;;;;;;;/h6H,2-5H2,1H3;7H,1-6H3;1-6H3;1-5H2;3H,1-2H3;4*1H;;;;/q;;-1;;-1;;;;;2*+1;2*+2/p-4. The van der Waals surface area contributed by atoms with E-state index in [0.29, 0.717) is 17.5 Å². The van der Waals surface area contributed by atoms with Crippen LogP contribution < -0.4 is 92.0 Å². The van der Waals surface area contributed by atoms with E-state index in [2.05, 4.69) is 83.2 Å². The van der Waals surface area contributed by atoms with Crippen molar-refractivity contribution in [3.63, 3.8) is 0 Å². The zero-order valence-electron chi connectivity index (χ0n) is 32.2. The van der Waals surface area contributed by atoms with Gasteiger partial charge in [0.2, 0.25) is 0 Å². The average Bonchev–Trinajstić information content (AvgIpc) is 2.61. The van der Waals surface area contributed by atoms with Crippen molar-refractivity contribution in [2.45, 2.75) is 157 Å². The van der Waals surface area contributed by atoms with Crippen LogP contribution in [-0.2, 0) is 9.59 Å². The van der Waals surface area contributed by atoms with Crippen LogP contribution in [0.2, 0.25) is 78.6 Å². The molecule has 2 rings (SSSR count). The van der Waals surface area contributed by atoms with Gasteiger partial charge in [0.25, 0.3) is 0 Å². The summed E-state index contributed by atoms with van der Waals surface area (Å²) in [6, 6.07) is 0. The van der Waals surface area contributed by atoms with E-state index < -0.39 is 32.9 Å². The van der Waals surface area contributed by atoms with Gasteiger partial charge in [-0.25, -0.2) is 0 Å². The van der Waals surface area contributed by atoms with Gasteiger partial charge in [0.1, 0.15) is 28.0 Å². The summed E-state index contributed by atoms with van der Waals surface area (Å²) >= 11 is 0. The van der Waals surface area contributed by atoms with Gasteiger partial charge in [-0.15, -0.1) is 0 Å². The van der Waals surface area contributed by atoms with Gasteiger partial charge in [-0.1, -0.05) is 115 Å². The molecule has 0 spiro atoms. The molecule has 1 N–H and O–H groups in total. The number of rotatable bonds is 4. The van der Waals surface area contributed by atoms with Crippen molar-refractivity contribution in [1.82, 2.24) is 4.65 Å².